The quantitative estimate of drug-likeness (QED) is 0.106. The van der Waals surface area contributed by atoms with Crippen LogP contribution in [0, 0.1) is 33.4 Å². The summed E-state index contributed by atoms with van der Waals surface area (Å²) in [6.07, 6.45) is -14.6. The lowest BCUT2D eigenvalue weighted by Crippen LogP contribution is -2.70. The van der Waals surface area contributed by atoms with Gasteiger partial charge in [0.1, 0.15) is 11.4 Å². The maximum absolute atomic E-state index is 14.3. The SMILES string of the molecule is CC1=CC(=C[CH-]C(F)(F)C(F)(F)C(F)(F)C(F)(F)C(F)(F)C(F)(F)F)C=C(C)C1=[N+]1C=[N+](c2c(C)cc(C=CC(F)(F)C(F)(F)C(F)(F)C(F)(F)C(F)(F)C(F)(F)F)cc2C)[CH-][CH-]1. The molecule has 1 aromatic carbocycles. The van der Waals surface area contributed by atoms with Crippen molar-refractivity contribution in [1.82, 2.24) is 0 Å². The molecule has 1 heterocycles. The highest BCUT2D eigenvalue weighted by Crippen LogP contribution is 2.62. The molecule has 0 atom stereocenters. The molecule has 0 fully saturated rings. The van der Waals surface area contributed by atoms with E-state index in [-0.39, 0.29) is 45.8 Å². The highest BCUT2D eigenvalue weighted by atomic mass is 19.4. The smallest absolute Gasteiger partial charge is 0.278 e. The lowest BCUT2D eigenvalue weighted by atomic mass is 9.90. The minimum absolute atomic E-state index is 0.0197. The van der Waals surface area contributed by atoms with Crippen LogP contribution in [-0.2, 0) is 0 Å². The highest BCUT2D eigenvalue weighted by molar-refractivity contribution is 6.11. The van der Waals surface area contributed by atoms with Crippen molar-refractivity contribution in [3.05, 3.63) is 89.4 Å². The molecule has 3 rings (SSSR count). The van der Waals surface area contributed by atoms with Crippen LogP contribution in [0.2, 0.25) is 0 Å². The number of halogens is 26. The van der Waals surface area contributed by atoms with Gasteiger partial charge in [0.05, 0.1) is 13.1 Å². The van der Waals surface area contributed by atoms with Crippen LogP contribution in [-0.4, -0.2) is 92.8 Å². The van der Waals surface area contributed by atoms with Gasteiger partial charge >= 0.3 is 65.7 Å². The van der Waals surface area contributed by atoms with E-state index in [1.54, 1.807) is 0 Å². The lowest BCUT2D eigenvalue weighted by Gasteiger charge is -2.41. The Morgan fingerprint density at radius 3 is 1.27 bits per heavy atom. The van der Waals surface area contributed by atoms with Gasteiger partial charge in [0.25, 0.3) is 12.3 Å². The molecule has 1 aliphatic carbocycles. The zero-order valence-corrected chi connectivity index (χ0v) is 31.1. The summed E-state index contributed by atoms with van der Waals surface area (Å²) < 4.78 is 353. The minimum Gasteiger partial charge on any atom is -0.278 e. The van der Waals surface area contributed by atoms with Crippen molar-refractivity contribution in [1.29, 1.82) is 0 Å². The maximum atomic E-state index is 14.3. The third-order valence-electron chi connectivity index (χ3n) is 9.07. The van der Waals surface area contributed by atoms with Gasteiger partial charge in [-0.25, -0.2) is 14.9 Å². The Morgan fingerprint density at radius 2 is 0.873 bits per heavy atom. The van der Waals surface area contributed by atoms with E-state index in [2.05, 4.69) is 0 Å². The minimum atomic E-state index is -8.09. The van der Waals surface area contributed by atoms with Crippen LogP contribution in [0.1, 0.15) is 30.5 Å². The standard InChI is InChI=1S/C35H23F26N2/c1-16-11-20(5-7-24(36,37)26(40,41)28(44,45)30(48,49)32(52,53)34(56,57)58)12-17(2)22(16)62-9-10-63(15-62)23-18(3)13-21(14-19(23)4)6-8-25(38,39)27(42,43)29(46,47)31(50,51)33(54,55)35(59,60)61/h5-15H,1-4H3/q-1. The van der Waals surface area contributed by atoms with Crippen molar-refractivity contribution >= 4 is 23.8 Å². The zero-order valence-electron chi connectivity index (χ0n) is 31.1. The predicted octanol–water partition coefficient (Wildman–Crippen LogP) is 13.3. The summed E-state index contributed by atoms with van der Waals surface area (Å²) in [7, 11) is 0. The molecule has 0 spiro atoms. The van der Waals surface area contributed by atoms with Crippen molar-refractivity contribution in [2.24, 2.45) is 0 Å². The summed E-state index contributed by atoms with van der Waals surface area (Å²) in [5.41, 5.74) is -0.824. The van der Waals surface area contributed by atoms with Crippen molar-refractivity contribution in [2.45, 2.75) is 99.3 Å². The van der Waals surface area contributed by atoms with Crippen LogP contribution in [0.15, 0.2) is 53.2 Å². The van der Waals surface area contributed by atoms with Crippen molar-refractivity contribution in [3.63, 3.8) is 0 Å². The Bertz CT molecular complexity index is 2090. The van der Waals surface area contributed by atoms with Gasteiger partial charge < -0.3 is 0 Å². The second kappa shape index (κ2) is 15.5. The number of allylic oxidation sites excluding steroid dienone is 7. The third kappa shape index (κ3) is 8.19. The van der Waals surface area contributed by atoms with E-state index in [1.165, 1.54) is 56.3 Å². The molecule has 0 saturated heterocycles. The topological polar surface area (TPSA) is 6.02 Å². The number of alkyl halides is 26. The summed E-state index contributed by atoms with van der Waals surface area (Å²) in [5, 5.41) is 0. The average molecular weight is 966 g/mol. The van der Waals surface area contributed by atoms with Crippen LogP contribution < -0.4 is 0 Å². The number of hydrogen-bond acceptors (Lipinski definition) is 0. The first-order valence-corrected chi connectivity index (χ1v) is 16.4. The van der Waals surface area contributed by atoms with Crippen LogP contribution in [0.5, 0.6) is 0 Å². The van der Waals surface area contributed by atoms with Gasteiger partial charge in [0.2, 0.25) is 0 Å². The van der Waals surface area contributed by atoms with Gasteiger partial charge in [-0.05, 0) is 50.5 Å². The summed E-state index contributed by atoms with van der Waals surface area (Å²) >= 11 is 0. The fourth-order valence-corrected chi connectivity index (χ4v) is 5.78. The lowest BCUT2D eigenvalue weighted by molar-refractivity contribution is -0.437. The number of aryl methyl sites for hydroxylation is 2. The second-order valence-electron chi connectivity index (χ2n) is 13.7. The van der Waals surface area contributed by atoms with E-state index in [9.17, 15) is 114 Å². The predicted molar refractivity (Wildman–Crippen MR) is 166 cm³/mol. The summed E-state index contributed by atoms with van der Waals surface area (Å²) in [6, 6.07) is 1.77. The number of nitrogens with zero attached hydrogens (tertiary/aromatic N) is 2. The van der Waals surface area contributed by atoms with E-state index in [4.69, 9.17) is 0 Å². The molecule has 0 amide bonds. The number of hydrogen-bond donors (Lipinski definition) is 0. The van der Waals surface area contributed by atoms with Crippen molar-refractivity contribution in [2.75, 3.05) is 0 Å². The summed E-state index contributed by atoms with van der Waals surface area (Å²) in [6.45, 7) is 7.40. The first-order chi connectivity index (χ1) is 27.7. The number of rotatable bonds is 13. The van der Waals surface area contributed by atoms with Gasteiger partial charge in [-0.2, -0.15) is 117 Å². The molecule has 0 aromatic heterocycles. The molecule has 0 saturated carbocycles. The Morgan fingerprint density at radius 1 is 0.492 bits per heavy atom. The molecule has 0 radical (unpaired) electrons. The van der Waals surface area contributed by atoms with E-state index in [0.717, 1.165) is 24.3 Å². The summed E-state index contributed by atoms with van der Waals surface area (Å²) in [5.74, 6) is -76.2. The Labute approximate surface area is 336 Å². The second-order valence-corrected chi connectivity index (χ2v) is 13.7. The molecular formula is C35H23F26N2-. The normalized spacial score (nSPS) is 17.4. The first-order valence-electron chi connectivity index (χ1n) is 16.4. The van der Waals surface area contributed by atoms with Crippen molar-refractivity contribution < 1.29 is 123 Å². The molecule has 356 valence electrons. The highest BCUT2D eigenvalue weighted by Gasteiger charge is 2.91. The van der Waals surface area contributed by atoms with Crippen LogP contribution in [0.3, 0.4) is 0 Å². The first kappa shape index (κ1) is 52.7. The Hall–Kier alpha value is -4.69. The fourth-order valence-electron chi connectivity index (χ4n) is 5.78. The van der Waals surface area contributed by atoms with Crippen LogP contribution in [0.4, 0.5) is 120 Å². The molecule has 2 nitrogen and oxygen atoms in total. The van der Waals surface area contributed by atoms with E-state index >= 15 is 0 Å². The largest absolute Gasteiger partial charge is 0.460 e. The monoisotopic (exact) mass is 965 g/mol. The van der Waals surface area contributed by atoms with Gasteiger partial charge in [-0.15, -0.1) is 12.2 Å². The molecule has 28 heteroatoms. The molecule has 0 unspecified atom stereocenters. The van der Waals surface area contributed by atoms with Gasteiger partial charge in [-0.1, -0.05) is 29.4 Å². The van der Waals surface area contributed by atoms with Crippen LogP contribution >= 0.6 is 0 Å². The average Bonchev–Trinajstić information content (AvgIpc) is 3.56. The van der Waals surface area contributed by atoms with Gasteiger partial charge in [0.15, 0.2) is 0 Å². The fraction of sp³-hybridized carbons (Fsp3) is 0.457. The van der Waals surface area contributed by atoms with E-state index < -0.39 is 95.2 Å². The Balaban J connectivity index is 1.93. The molecule has 1 aromatic rings. The molecule has 63 heavy (non-hydrogen) atoms. The molecule has 2 aliphatic rings. The zero-order chi connectivity index (χ0) is 49.6. The third-order valence-corrected chi connectivity index (χ3v) is 9.07. The van der Waals surface area contributed by atoms with Crippen molar-refractivity contribution in [3.8, 4) is 0 Å². The Kier molecular flexibility index (Phi) is 12.9. The van der Waals surface area contributed by atoms with Gasteiger partial charge in [0, 0.05) is 0 Å². The molecule has 1 aliphatic heterocycles. The van der Waals surface area contributed by atoms with Crippen LogP contribution in [0.25, 0.3) is 6.08 Å². The summed E-state index contributed by atoms with van der Waals surface area (Å²) in [4.78, 5) is 0. The molecule has 0 bridgehead atoms. The molecule has 0 N–H and O–H groups in total. The number of benzene rings is 1. The maximum Gasteiger partial charge on any atom is 0.460 e. The van der Waals surface area contributed by atoms with E-state index in [0.29, 0.717) is 0 Å². The van der Waals surface area contributed by atoms with E-state index in [1.807, 2.05) is 0 Å². The van der Waals surface area contributed by atoms with Gasteiger partial charge in [-0.3, -0.25) is 9.15 Å². The molecular weight excluding hydrogens is 942 g/mol.